The minimum absolute atomic E-state index is 0.0247. The van der Waals surface area contributed by atoms with Gasteiger partial charge in [-0.2, -0.15) is 0 Å². The van der Waals surface area contributed by atoms with Gasteiger partial charge in [0, 0.05) is 25.7 Å². The first-order chi connectivity index (χ1) is 54.7. The molecule has 19 heteroatoms. The Balaban J connectivity index is 5.52. The molecule has 0 aromatic carbocycles. The van der Waals surface area contributed by atoms with E-state index in [9.17, 15) is 43.2 Å². The second-order valence-electron chi connectivity index (χ2n) is 27.6. The summed E-state index contributed by atoms with van der Waals surface area (Å²) in [6.07, 6.45) is 103. The Bertz CT molecular complexity index is 2890. The molecule has 0 fully saturated rings. The van der Waals surface area contributed by atoms with Crippen molar-refractivity contribution in [3.63, 3.8) is 0 Å². The molecule has 112 heavy (non-hydrogen) atoms. The lowest BCUT2D eigenvalue weighted by Gasteiger charge is -2.21. The molecule has 3 N–H and O–H groups in total. The van der Waals surface area contributed by atoms with E-state index in [1.54, 1.807) is 0 Å². The number of ether oxygens (including phenoxy) is 4. The van der Waals surface area contributed by atoms with Crippen LogP contribution < -0.4 is 0 Å². The number of carbonyl (C=O) groups is 4. The Morgan fingerprint density at radius 2 is 0.482 bits per heavy atom. The van der Waals surface area contributed by atoms with Gasteiger partial charge in [-0.15, -0.1) is 0 Å². The number of allylic oxidation sites excluding steroid dienone is 32. The number of unbranched alkanes of at least 4 members (excludes halogenated alkanes) is 20. The monoisotopic (exact) mass is 1600 g/mol. The molecule has 17 nitrogen and oxygen atoms in total. The van der Waals surface area contributed by atoms with E-state index in [1.807, 2.05) is 18.2 Å². The molecule has 634 valence electrons. The second kappa shape index (κ2) is 82.9. The number of aliphatic hydroxyl groups excluding tert-OH is 1. The van der Waals surface area contributed by atoms with E-state index >= 15 is 0 Å². The van der Waals surface area contributed by atoms with Gasteiger partial charge in [-0.25, -0.2) is 9.13 Å². The zero-order valence-corrected chi connectivity index (χ0v) is 71.3. The highest BCUT2D eigenvalue weighted by Gasteiger charge is 2.30. The zero-order chi connectivity index (χ0) is 81.7. The summed E-state index contributed by atoms with van der Waals surface area (Å²) in [5.74, 6) is -2.36. The molecule has 0 radical (unpaired) electrons. The number of phosphoric acid groups is 2. The van der Waals surface area contributed by atoms with E-state index in [0.29, 0.717) is 38.5 Å². The molecule has 0 aliphatic rings. The molecule has 0 heterocycles. The Hall–Kier alpha value is -6.10. The molecule has 0 aliphatic carbocycles. The first-order valence-corrected chi connectivity index (χ1v) is 45.7. The van der Waals surface area contributed by atoms with Crippen LogP contribution in [0.5, 0.6) is 0 Å². The fraction of sp³-hybridized carbons (Fsp3) is 0.613. The third-order valence-electron chi connectivity index (χ3n) is 17.0. The molecular formula is C93H150O17P2. The number of rotatable bonds is 78. The van der Waals surface area contributed by atoms with Crippen molar-refractivity contribution in [1.82, 2.24) is 0 Å². The topological polar surface area (TPSA) is 237 Å². The molecular weight excluding hydrogens is 1450 g/mol. The summed E-state index contributed by atoms with van der Waals surface area (Å²) in [5.41, 5.74) is 0. The molecule has 0 spiro atoms. The van der Waals surface area contributed by atoms with Crippen molar-refractivity contribution in [2.45, 2.75) is 329 Å². The maximum atomic E-state index is 13.1. The highest BCUT2D eigenvalue weighted by Crippen LogP contribution is 2.45. The molecule has 5 atom stereocenters. The van der Waals surface area contributed by atoms with E-state index in [2.05, 4.69) is 204 Å². The van der Waals surface area contributed by atoms with Gasteiger partial charge in [0.2, 0.25) is 0 Å². The first-order valence-electron chi connectivity index (χ1n) is 42.7. The molecule has 0 aromatic rings. The smallest absolute Gasteiger partial charge is 0.462 e. The quantitative estimate of drug-likeness (QED) is 0.0169. The van der Waals surface area contributed by atoms with Crippen LogP contribution >= 0.6 is 15.6 Å². The number of phosphoric ester groups is 2. The summed E-state index contributed by atoms with van der Waals surface area (Å²) < 4.78 is 68.7. The van der Waals surface area contributed by atoms with E-state index in [-0.39, 0.29) is 25.7 Å². The van der Waals surface area contributed by atoms with Crippen molar-refractivity contribution in [2.75, 3.05) is 39.6 Å². The predicted octanol–water partition coefficient (Wildman–Crippen LogP) is 25.7. The van der Waals surface area contributed by atoms with Gasteiger partial charge in [-0.05, 0) is 180 Å². The Morgan fingerprint density at radius 1 is 0.259 bits per heavy atom. The minimum Gasteiger partial charge on any atom is -0.462 e. The molecule has 0 amide bonds. The van der Waals surface area contributed by atoms with Crippen molar-refractivity contribution in [3.8, 4) is 0 Å². The first kappa shape index (κ1) is 106. The van der Waals surface area contributed by atoms with Gasteiger partial charge in [0.1, 0.15) is 19.3 Å². The summed E-state index contributed by atoms with van der Waals surface area (Å²) in [5, 5.41) is 10.7. The lowest BCUT2D eigenvalue weighted by molar-refractivity contribution is -0.161. The number of esters is 4. The van der Waals surface area contributed by atoms with E-state index in [4.69, 9.17) is 37.0 Å². The van der Waals surface area contributed by atoms with Gasteiger partial charge in [0.15, 0.2) is 12.2 Å². The normalized spacial score (nSPS) is 14.7. The van der Waals surface area contributed by atoms with Crippen LogP contribution in [-0.2, 0) is 65.4 Å². The number of hydrogen-bond acceptors (Lipinski definition) is 15. The largest absolute Gasteiger partial charge is 0.472 e. The molecule has 0 saturated heterocycles. The van der Waals surface area contributed by atoms with Crippen LogP contribution in [0.1, 0.15) is 310 Å². The summed E-state index contributed by atoms with van der Waals surface area (Å²) in [7, 11) is -10.0. The number of aliphatic hydroxyl groups is 1. The predicted molar refractivity (Wildman–Crippen MR) is 463 cm³/mol. The highest BCUT2D eigenvalue weighted by atomic mass is 31.2. The van der Waals surface area contributed by atoms with E-state index < -0.39 is 97.5 Å². The number of hydrogen-bond donors (Lipinski definition) is 3. The maximum absolute atomic E-state index is 13.1. The lowest BCUT2D eigenvalue weighted by atomic mass is 10.1. The fourth-order valence-corrected chi connectivity index (χ4v) is 12.2. The second-order valence-corrected chi connectivity index (χ2v) is 30.6. The third-order valence-corrected chi connectivity index (χ3v) is 18.9. The SMILES string of the molecule is CC/C=C\C/C=C\C/C=C\C/C=C\C/C=C\C/C=C\CCC(=O)OCC(COP(=O)(O)OCC(O)COP(=O)(O)OCC(COC(=O)CCCCCCCC/C=C\C/C=C\C/C=C\CCCCC)OC(=O)CCCC/C=C\C/C=C\C/C=C\C/C=C\CC)OC(=O)CCCCCCCC/C=C\C/C=C\C/C=C\CCCCC. The zero-order valence-electron chi connectivity index (χ0n) is 69.5. The van der Waals surface area contributed by atoms with Gasteiger partial charge >= 0.3 is 39.5 Å². The van der Waals surface area contributed by atoms with Crippen LogP contribution in [0.3, 0.4) is 0 Å². The van der Waals surface area contributed by atoms with Crippen molar-refractivity contribution >= 4 is 39.5 Å². The third kappa shape index (κ3) is 81.9. The number of carbonyl (C=O) groups excluding carboxylic acids is 4. The Labute approximate surface area is 678 Å². The van der Waals surface area contributed by atoms with Gasteiger partial charge < -0.3 is 33.8 Å². The van der Waals surface area contributed by atoms with Crippen molar-refractivity contribution < 1.29 is 80.2 Å². The molecule has 0 aliphatic heterocycles. The van der Waals surface area contributed by atoms with Crippen LogP contribution in [0.15, 0.2) is 194 Å². The fourth-order valence-electron chi connectivity index (χ4n) is 10.6. The van der Waals surface area contributed by atoms with Crippen LogP contribution in [0.25, 0.3) is 0 Å². The van der Waals surface area contributed by atoms with Crippen molar-refractivity contribution in [1.29, 1.82) is 0 Å². The highest BCUT2D eigenvalue weighted by molar-refractivity contribution is 7.47. The molecule has 0 bridgehead atoms. The summed E-state index contributed by atoms with van der Waals surface area (Å²) >= 11 is 0. The van der Waals surface area contributed by atoms with Gasteiger partial charge in [-0.3, -0.25) is 37.3 Å². The van der Waals surface area contributed by atoms with Crippen molar-refractivity contribution in [2.24, 2.45) is 0 Å². The van der Waals surface area contributed by atoms with Crippen LogP contribution in [0, 0.1) is 0 Å². The average molecular weight is 1600 g/mol. The molecule has 0 aromatic heterocycles. The maximum Gasteiger partial charge on any atom is 0.472 e. The Morgan fingerprint density at radius 3 is 0.786 bits per heavy atom. The standard InChI is InChI=1S/C93H150O17P2/c1-5-9-13-17-21-25-29-33-37-40-43-46-50-53-57-61-65-69-73-77-90(95)103-83-88(109-92(97)79-75-71-67-63-59-55-49-36-32-28-24-20-16-12-8-4)85-107-111(99,100)105-81-87(94)82-106-112(101,102)108-86-89(110-93(98)80-76-72-68-64-60-56-52-48-45-42-39-35-31-27-23-19-15-11-7-3)84-104-91(96)78-74-70-66-62-58-54-51-47-44-41-38-34-30-26-22-18-14-10-6-2/h10,12,14,16,21-28,33-39,43-49,54,58-59,63,66,70,87-89,94H,5-9,11,13,15,17-20,29-32,40-42,50-53,55-57,60-62,64-65,67-69,71-86H2,1-4H3,(H,99,100)(H,101,102)/b14-10-,16-12-,25-21-,26-22-,27-23-,28-24-,37-33-,38-34-,39-35-,46-43-,47-44-,48-45-,49-36-,58-54-,63-59-,70-66-. The van der Waals surface area contributed by atoms with Gasteiger partial charge in [0.05, 0.1) is 26.4 Å². The lowest BCUT2D eigenvalue weighted by Crippen LogP contribution is -2.30. The van der Waals surface area contributed by atoms with E-state index in [1.165, 1.54) is 38.5 Å². The van der Waals surface area contributed by atoms with Crippen molar-refractivity contribution in [3.05, 3.63) is 194 Å². The van der Waals surface area contributed by atoms with Crippen LogP contribution in [-0.4, -0.2) is 96.7 Å². The average Bonchev–Trinajstić information content (AvgIpc) is 0.898. The molecule has 0 rings (SSSR count). The molecule has 0 saturated carbocycles. The van der Waals surface area contributed by atoms with Crippen LogP contribution in [0.2, 0.25) is 0 Å². The summed E-state index contributed by atoms with van der Waals surface area (Å²) in [4.78, 5) is 73.2. The summed E-state index contributed by atoms with van der Waals surface area (Å²) in [6, 6.07) is 0. The van der Waals surface area contributed by atoms with Crippen LogP contribution in [0.4, 0.5) is 0 Å². The Kier molecular flexibility index (Phi) is 78.4. The minimum atomic E-state index is -5.02. The van der Waals surface area contributed by atoms with Gasteiger partial charge in [-0.1, -0.05) is 299 Å². The molecule has 5 unspecified atom stereocenters. The summed E-state index contributed by atoms with van der Waals surface area (Å²) in [6.45, 7) is 4.43. The van der Waals surface area contributed by atoms with E-state index in [0.717, 1.165) is 180 Å². The van der Waals surface area contributed by atoms with Gasteiger partial charge in [0.25, 0.3) is 0 Å².